The van der Waals surface area contributed by atoms with Crippen LogP contribution in [0.3, 0.4) is 0 Å². The molecule has 0 amide bonds. The van der Waals surface area contributed by atoms with E-state index in [9.17, 15) is 25.5 Å². The maximum absolute atomic E-state index is 10.7. The highest BCUT2D eigenvalue weighted by atomic mass is 16.7. The first-order valence-electron chi connectivity index (χ1n) is 8.72. The lowest BCUT2D eigenvalue weighted by molar-refractivity contribution is -0.315. The molecule has 1 fully saturated rings. The van der Waals surface area contributed by atoms with Crippen molar-refractivity contribution < 1.29 is 49.2 Å². The lowest BCUT2D eigenvalue weighted by Crippen LogP contribution is -2.59. The summed E-state index contributed by atoms with van der Waals surface area (Å²) >= 11 is 0. The van der Waals surface area contributed by atoms with E-state index in [1.165, 1.54) is 28.3 Å². The van der Waals surface area contributed by atoms with Crippen LogP contribution >= 0.6 is 0 Å². The van der Waals surface area contributed by atoms with Crippen molar-refractivity contribution in [2.24, 2.45) is 0 Å². The SMILES string of the molecule is COc1cc(C(O)C(C)OC2OC(CO)C(O)C(O)C2O)cc(OC)c1OC. The zero-order chi connectivity index (χ0) is 21.0. The Kier molecular flexibility index (Phi) is 7.84. The first-order chi connectivity index (χ1) is 13.3. The second-order valence-corrected chi connectivity index (χ2v) is 6.44. The van der Waals surface area contributed by atoms with Crippen LogP contribution < -0.4 is 14.2 Å². The molecule has 2 rings (SSSR count). The zero-order valence-electron chi connectivity index (χ0n) is 16.2. The van der Waals surface area contributed by atoms with Gasteiger partial charge in [0.05, 0.1) is 34.0 Å². The van der Waals surface area contributed by atoms with Crippen LogP contribution in [0.2, 0.25) is 0 Å². The number of aliphatic hydroxyl groups is 5. The molecule has 0 spiro atoms. The highest BCUT2D eigenvalue weighted by Crippen LogP contribution is 2.40. The Bertz CT molecular complexity index is 612. The Hall–Kier alpha value is -1.66. The molecule has 0 radical (unpaired) electrons. The maximum atomic E-state index is 10.7. The van der Waals surface area contributed by atoms with Crippen LogP contribution in [0.15, 0.2) is 12.1 Å². The molecule has 0 aromatic heterocycles. The van der Waals surface area contributed by atoms with E-state index in [-0.39, 0.29) is 0 Å². The quantitative estimate of drug-likeness (QED) is 0.364. The summed E-state index contributed by atoms with van der Waals surface area (Å²) in [7, 11) is 4.35. The predicted molar refractivity (Wildman–Crippen MR) is 95.4 cm³/mol. The average Bonchev–Trinajstić information content (AvgIpc) is 2.72. The number of ether oxygens (including phenoxy) is 5. The molecule has 1 heterocycles. The van der Waals surface area contributed by atoms with E-state index in [4.69, 9.17) is 23.7 Å². The van der Waals surface area contributed by atoms with Crippen molar-refractivity contribution in [1.29, 1.82) is 0 Å². The van der Waals surface area contributed by atoms with E-state index in [2.05, 4.69) is 0 Å². The molecular weight excluding hydrogens is 376 g/mol. The van der Waals surface area contributed by atoms with Crippen molar-refractivity contribution in [2.45, 2.75) is 49.8 Å². The summed E-state index contributed by atoms with van der Waals surface area (Å²) in [4.78, 5) is 0. The number of aliphatic hydroxyl groups excluding tert-OH is 5. The van der Waals surface area contributed by atoms with E-state index in [1.54, 1.807) is 12.1 Å². The van der Waals surface area contributed by atoms with Crippen LogP contribution in [0.1, 0.15) is 18.6 Å². The number of rotatable bonds is 8. The second kappa shape index (κ2) is 9.70. The predicted octanol–water partition coefficient (Wildman–Crippen LogP) is -1.05. The molecule has 7 unspecified atom stereocenters. The molecule has 0 saturated carbocycles. The highest BCUT2D eigenvalue weighted by molar-refractivity contribution is 5.54. The molecule has 5 N–H and O–H groups in total. The first-order valence-corrected chi connectivity index (χ1v) is 8.72. The van der Waals surface area contributed by atoms with Gasteiger partial charge in [0.1, 0.15) is 30.5 Å². The Labute approximate surface area is 162 Å². The third-order valence-corrected chi connectivity index (χ3v) is 4.67. The second-order valence-electron chi connectivity index (χ2n) is 6.44. The average molecular weight is 404 g/mol. The third kappa shape index (κ3) is 4.49. The molecule has 1 aliphatic heterocycles. The highest BCUT2D eigenvalue weighted by Gasteiger charge is 2.45. The fourth-order valence-electron chi connectivity index (χ4n) is 3.01. The van der Waals surface area contributed by atoms with E-state index in [0.717, 1.165) is 0 Å². The summed E-state index contributed by atoms with van der Waals surface area (Å²) in [6, 6.07) is 3.11. The van der Waals surface area contributed by atoms with E-state index < -0.39 is 49.5 Å². The Morgan fingerprint density at radius 3 is 2.00 bits per heavy atom. The van der Waals surface area contributed by atoms with Crippen LogP contribution in [0.25, 0.3) is 0 Å². The molecule has 0 bridgehead atoms. The zero-order valence-corrected chi connectivity index (χ0v) is 16.2. The van der Waals surface area contributed by atoms with Crippen molar-refractivity contribution in [2.75, 3.05) is 27.9 Å². The molecule has 10 heteroatoms. The maximum Gasteiger partial charge on any atom is 0.203 e. The van der Waals surface area contributed by atoms with Crippen LogP contribution in [-0.4, -0.2) is 90.3 Å². The summed E-state index contributed by atoms with van der Waals surface area (Å²) in [6.45, 7) is 0.962. The number of hydrogen-bond acceptors (Lipinski definition) is 10. The van der Waals surface area contributed by atoms with Crippen LogP contribution in [0.5, 0.6) is 17.2 Å². The number of hydrogen-bond donors (Lipinski definition) is 5. The molecule has 1 aromatic rings. The molecule has 28 heavy (non-hydrogen) atoms. The van der Waals surface area contributed by atoms with Crippen LogP contribution in [0, 0.1) is 0 Å². The van der Waals surface area contributed by atoms with Gasteiger partial charge in [-0.3, -0.25) is 0 Å². The first kappa shape index (κ1) is 22.6. The van der Waals surface area contributed by atoms with Gasteiger partial charge in [-0.15, -0.1) is 0 Å². The van der Waals surface area contributed by atoms with E-state index >= 15 is 0 Å². The molecule has 1 aromatic carbocycles. The number of methoxy groups -OCH3 is 3. The van der Waals surface area contributed by atoms with Gasteiger partial charge in [-0.1, -0.05) is 0 Å². The molecule has 7 atom stereocenters. The molecule has 10 nitrogen and oxygen atoms in total. The van der Waals surface area contributed by atoms with Gasteiger partial charge >= 0.3 is 0 Å². The lowest BCUT2D eigenvalue weighted by Gasteiger charge is -2.41. The molecule has 1 saturated heterocycles. The standard InChI is InChI=1S/C18H28O10/c1-8(27-18-16(23)15(22)14(21)12(7-19)28-18)13(20)9-5-10(24-2)17(26-4)11(6-9)25-3/h5-6,8,12-16,18-23H,7H2,1-4H3. The molecule has 1 aliphatic rings. The Morgan fingerprint density at radius 1 is 0.964 bits per heavy atom. The van der Waals surface area contributed by atoms with E-state index in [1.807, 2.05) is 0 Å². The monoisotopic (exact) mass is 404 g/mol. The van der Waals surface area contributed by atoms with Crippen molar-refractivity contribution in [3.63, 3.8) is 0 Å². The van der Waals surface area contributed by atoms with Gasteiger partial charge in [0.15, 0.2) is 17.8 Å². The molecule has 160 valence electrons. The minimum atomic E-state index is -1.57. The Morgan fingerprint density at radius 2 is 1.54 bits per heavy atom. The fourth-order valence-corrected chi connectivity index (χ4v) is 3.01. The van der Waals surface area contributed by atoms with Crippen molar-refractivity contribution in [3.8, 4) is 17.2 Å². The summed E-state index contributed by atoms with van der Waals surface area (Å²) in [6.07, 6.45) is -9.16. The third-order valence-electron chi connectivity index (χ3n) is 4.67. The minimum absolute atomic E-state index is 0.343. The largest absolute Gasteiger partial charge is 0.493 e. The van der Waals surface area contributed by atoms with Crippen LogP contribution in [-0.2, 0) is 9.47 Å². The molecular formula is C18H28O10. The summed E-state index contributed by atoms with van der Waals surface area (Å²) in [5.41, 5.74) is 0.395. The summed E-state index contributed by atoms with van der Waals surface area (Å²) in [5, 5.41) is 49.7. The normalized spacial score (nSPS) is 29.8. The summed E-state index contributed by atoms with van der Waals surface area (Å²) in [5.74, 6) is 1.05. The number of benzene rings is 1. The topological polar surface area (TPSA) is 147 Å². The van der Waals surface area contributed by atoms with Gasteiger partial charge in [-0.25, -0.2) is 0 Å². The fraction of sp³-hybridized carbons (Fsp3) is 0.667. The van der Waals surface area contributed by atoms with Crippen molar-refractivity contribution in [3.05, 3.63) is 17.7 Å². The van der Waals surface area contributed by atoms with Crippen LogP contribution in [0.4, 0.5) is 0 Å². The smallest absolute Gasteiger partial charge is 0.203 e. The van der Waals surface area contributed by atoms with E-state index in [0.29, 0.717) is 22.8 Å². The Balaban J connectivity index is 2.19. The molecule has 0 aliphatic carbocycles. The van der Waals surface area contributed by atoms with Crippen molar-refractivity contribution in [1.82, 2.24) is 0 Å². The lowest BCUT2D eigenvalue weighted by atomic mass is 9.99. The van der Waals surface area contributed by atoms with Gasteiger partial charge < -0.3 is 49.2 Å². The van der Waals surface area contributed by atoms with Gasteiger partial charge in [0.25, 0.3) is 0 Å². The van der Waals surface area contributed by atoms with Gasteiger partial charge in [-0.2, -0.15) is 0 Å². The minimum Gasteiger partial charge on any atom is -0.493 e. The van der Waals surface area contributed by atoms with Gasteiger partial charge in [0.2, 0.25) is 5.75 Å². The van der Waals surface area contributed by atoms with Gasteiger partial charge in [0, 0.05) is 0 Å². The van der Waals surface area contributed by atoms with Crippen molar-refractivity contribution >= 4 is 0 Å². The van der Waals surface area contributed by atoms with Gasteiger partial charge in [-0.05, 0) is 24.6 Å². The summed E-state index contributed by atoms with van der Waals surface area (Å²) < 4.78 is 26.6.